The number of hydrogen-bond donors (Lipinski definition) is 0. The van der Waals surface area contributed by atoms with Gasteiger partial charge in [-0.25, -0.2) is 39.3 Å². The van der Waals surface area contributed by atoms with Gasteiger partial charge in [-0.1, -0.05) is 0 Å². The van der Waals surface area contributed by atoms with Gasteiger partial charge in [0.15, 0.2) is 11.4 Å². The summed E-state index contributed by atoms with van der Waals surface area (Å²) in [5.41, 5.74) is 1.71. The van der Waals surface area contributed by atoms with Gasteiger partial charge in [-0.2, -0.15) is 0 Å². The molecule has 2 atom stereocenters. The Morgan fingerprint density at radius 3 is 2.02 bits per heavy atom. The van der Waals surface area contributed by atoms with E-state index in [1.165, 1.54) is 45.3 Å². The molecule has 1 aliphatic rings. The van der Waals surface area contributed by atoms with Crippen molar-refractivity contribution in [1.29, 1.82) is 0 Å². The highest BCUT2D eigenvalue weighted by molar-refractivity contribution is 7.15. The Morgan fingerprint density at radius 1 is 0.784 bits per heavy atom. The highest BCUT2D eigenvalue weighted by atomic mass is 32.1. The van der Waals surface area contributed by atoms with Gasteiger partial charge in [0.2, 0.25) is 0 Å². The van der Waals surface area contributed by atoms with Crippen molar-refractivity contribution in [3.05, 3.63) is 50.0 Å². The fourth-order valence-electron chi connectivity index (χ4n) is 5.43. The standard InChI is InChI=1S/C34H36N6O7S4/c1-9-44-30(41)22-15-48-26(38-22)18-11-12-19(27-37-21(14-49-27)28-39-23(16-50-28)31(42)45-10-2)35-24(18)20-13-51-29(36-20)25-17(3)46-34(7,8)40(25)32(43)47-33(4,5)6/h11-17,25H,9-10H2,1-8H3/t17-,25+/m1/s1. The second-order valence-corrected chi connectivity index (χ2v) is 16.2. The molecule has 268 valence electrons. The van der Waals surface area contributed by atoms with Gasteiger partial charge in [-0.3, -0.25) is 4.90 Å². The molecule has 1 amide bonds. The molecule has 0 bridgehead atoms. The number of pyridine rings is 1. The summed E-state index contributed by atoms with van der Waals surface area (Å²) in [6.07, 6.45) is -0.872. The second kappa shape index (κ2) is 14.5. The van der Waals surface area contributed by atoms with Crippen LogP contribution in [0.3, 0.4) is 0 Å². The third-order valence-corrected chi connectivity index (χ3v) is 11.0. The molecule has 6 heterocycles. The van der Waals surface area contributed by atoms with Crippen molar-refractivity contribution in [2.24, 2.45) is 0 Å². The van der Waals surface area contributed by atoms with Gasteiger partial charge in [-0.15, -0.1) is 45.3 Å². The van der Waals surface area contributed by atoms with Crippen molar-refractivity contribution >= 4 is 63.4 Å². The zero-order chi connectivity index (χ0) is 36.7. The topological polar surface area (TPSA) is 156 Å². The molecule has 0 radical (unpaired) electrons. The zero-order valence-electron chi connectivity index (χ0n) is 29.2. The number of esters is 2. The normalized spacial score (nSPS) is 17.1. The van der Waals surface area contributed by atoms with Crippen molar-refractivity contribution in [1.82, 2.24) is 29.8 Å². The van der Waals surface area contributed by atoms with E-state index >= 15 is 0 Å². The largest absolute Gasteiger partial charge is 0.461 e. The van der Waals surface area contributed by atoms with E-state index in [1.54, 1.807) is 29.5 Å². The van der Waals surface area contributed by atoms with Crippen LogP contribution in [0.25, 0.3) is 43.4 Å². The van der Waals surface area contributed by atoms with E-state index in [1.807, 2.05) is 64.4 Å². The smallest absolute Gasteiger partial charge is 0.413 e. The van der Waals surface area contributed by atoms with Crippen LogP contribution in [-0.4, -0.2) is 78.5 Å². The maximum atomic E-state index is 13.5. The van der Waals surface area contributed by atoms with Crippen LogP contribution in [0.4, 0.5) is 4.79 Å². The summed E-state index contributed by atoms with van der Waals surface area (Å²) in [4.78, 5) is 63.6. The van der Waals surface area contributed by atoms with E-state index in [9.17, 15) is 14.4 Å². The third-order valence-electron chi connectivity index (χ3n) is 7.43. The van der Waals surface area contributed by atoms with Gasteiger partial charge in [0.05, 0.1) is 25.0 Å². The second-order valence-electron chi connectivity index (χ2n) is 12.8. The van der Waals surface area contributed by atoms with Gasteiger partial charge in [0, 0.05) is 27.1 Å². The summed E-state index contributed by atoms with van der Waals surface area (Å²) in [5.74, 6) is -0.990. The summed E-state index contributed by atoms with van der Waals surface area (Å²) in [5, 5.41) is 9.47. The van der Waals surface area contributed by atoms with Gasteiger partial charge >= 0.3 is 18.0 Å². The third kappa shape index (κ3) is 7.72. The van der Waals surface area contributed by atoms with Crippen molar-refractivity contribution in [3.8, 4) is 43.4 Å². The Morgan fingerprint density at radius 2 is 1.37 bits per heavy atom. The van der Waals surface area contributed by atoms with E-state index in [2.05, 4.69) is 9.97 Å². The van der Waals surface area contributed by atoms with Crippen LogP contribution in [0.2, 0.25) is 0 Å². The molecular formula is C34H36N6O7S4. The lowest BCUT2D eigenvalue weighted by atomic mass is 10.1. The SMILES string of the molecule is CCOC(=O)c1csc(-c2csc(-c3ccc(-c4nc(C(=O)OCC)cs4)c(-c4csc([C@@H]5[C@@H](C)OC(C)(C)N5C(=O)OC(C)(C)C)n4)n3)n2)n1. The first-order chi connectivity index (χ1) is 24.2. The van der Waals surface area contributed by atoms with E-state index in [4.69, 9.17) is 33.9 Å². The number of amides is 1. The molecule has 5 aromatic heterocycles. The van der Waals surface area contributed by atoms with Gasteiger partial charge < -0.3 is 18.9 Å². The zero-order valence-corrected chi connectivity index (χ0v) is 32.5. The molecule has 0 N–H and O–H groups in total. The highest BCUT2D eigenvalue weighted by Crippen LogP contribution is 2.45. The Bertz CT molecular complexity index is 2080. The van der Waals surface area contributed by atoms with E-state index in [0.29, 0.717) is 48.4 Å². The van der Waals surface area contributed by atoms with Gasteiger partial charge in [0.25, 0.3) is 0 Å². The minimum atomic E-state index is -0.941. The Hall–Kier alpha value is -4.16. The Labute approximate surface area is 310 Å². The molecule has 51 heavy (non-hydrogen) atoms. The lowest BCUT2D eigenvalue weighted by Crippen LogP contribution is -2.47. The monoisotopic (exact) mass is 768 g/mol. The van der Waals surface area contributed by atoms with E-state index in [-0.39, 0.29) is 30.7 Å². The molecule has 1 aliphatic heterocycles. The minimum Gasteiger partial charge on any atom is -0.461 e. The lowest BCUT2D eigenvalue weighted by molar-refractivity contribution is -0.0757. The fraction of sp³-hybridized carbons (Fsp3) is 0.412. The number of thiazole rings is 4. The van der Waals surface area contributed by atoms with Crippen molar-refractivity contribution in [2.75, 3.05) is 13.2 Å². The maximum Gasteiger partial charge on any atom is 0.413 e. The molecule has 17 heteroatoms. The number of ether oxygens (including phenoxy) is 4. The highest BCUT2D eigenvalue weighted by Gasteiger charge is 2.51. The molecule has 1 saturated heterocycles. The first kappa shape index (κ1) is 36.6. The van der Waals surface area contributed by atoms with Crippen molar-refractivity contribution in [2.45, 2.75) is 78.9 Å². The predicted molar refractivity (Wildman–Crippen MR) is 196 cm³/mol. The molecule has 0 aliphatic carbocycles. The molecule has 6 rings (SSSR count). The molecule has 1 fully saturated rings. The number of carbonyl (C=O) groups is 3. The minimum absolute atomic E-state index is 0.202. The van der Waals surface area contributed by atoms with Crippen LogP contribution in [0, 0.1) is 0 Å². The van der Waals surface area contributed by atoms with Crippen LogP contribution in [0.5, 0.6) is 0 Å². The molecule has 0 aromatic carbocycles. The Balaban J connectivity index is 1.40. The number of carbonyl (C=O) groups excluding carboxylic acids is 3. The number of hydrogen-bond acceptors (Lipinski definition) is 16. The summed E-state index contributed by atoms with van der Waals surface area (Å²) in [6.45, 7) is 15.0. The van der Waals surface area contributed by atoms with E-state index in [0.717, 1.165) is 0 Å². The predicted octanol–water partition coefficient (Wildman–Crippen LogP) is 8.36. The molecule has 13 nitrogen and oxygen atoms in total. The maximum absolute atomic E-state index is 13.5. The summed E-state index contributed by atoms with van der Waals surface area (Å²) in [7, 11) is 0. The average Bonchev–Trinajstić information content (AvgIpc) is 3.89. The van der Waals surface area contributed by atoms with Crippen LogP contribution in [-0.2, 0) is 18.9 Å². The van der Waals surface area contributed by atoms with Crippen LogP contribution < -0.4 is 0 Å². The van der Waals surface area contributed by atoms with Crippen LogP contribution >= 0.6 is 45.3 Å². The van der Waals surface area contributed by atoms with Gasteiger partial charge in [-0.05, 0) is 67.5 Å². The lowest BCUT2D eigenvalue weighted by Gasteiger charge is -2.34. The first-order valence-electron chi connectivity index (χ1n) is 16.1. The number of nitrogens with zero attached hydrogens (tertiary/aromatic N) is 6. The quantitative estimate of drug-likeness (QED) is 0.104. The Kier molecular flexibility index (Phi) is 10.4. The van der Waals surface area contributed by atoms with Crippen molar-refractivity contribution < 1.29 is 33.3 Å². The van der Waals surface area contributed by atoms with Crippen LogP contribution in [0.1, 0.15) is 87.4 Å². The number of rotatable bonds is 9. The van der Waals surface area contributed by atoms with Gasteiger partial charge in [0.1, 0.15) is 54.5 Å². The summed E-state index contributed by atoms with van der Waals surface area (Å²) in [6, 6.07) is 3.20. The van der Waals surface area contributed by atoms with Crippen LogP contribution in [0.15, 0.2) is 33.7 Å². The van der Waals surface area contributed by atoms with Crippen molar-refractivity contribution in [3.63, 3.8) is 0 Å². The van der Waals surface area contributed by atoms with E-state index < -0.39 is 35.4 Å². The molecule has 5 aromatic rings. The molecule has 0 saturated carbocycles. The number of aromatic nitrogens is 5. The molecular weight excluding hydrogens is 733 g/mol. The fourth-order valence-corrected chi connectivity index (χ4v) is 8.83. The molecule has 0 unspecified atom stereocenters. The molecule has 0 spiro atoms. The summed E-state index contributed by atoms with van der Waals surface area (Å²) < 4.78 is 22.3. The average molecular weight is 769 g/mol. The first-order valence-corrected chi connectivity index (χ1v) is 19.6. The summed E-state index contributed by atoms with van der Waals surface area (Å²) >= 11 is 5.38.